The minimum absolute atomic E-state index is 0.370. The van der Waals surface area contributed by atoms with E-state index in [0.29, 0.717) is 6.04 Å². The van der Waals surface area contributed by atoms with Crippen molar-refractivity contribution < 1.29 is 13.2 Å². The van der Waals surface area contributed by atoms with Crippen LogP contribution in [0.2, 0.25) is 0 Å². The number of alkyl halides is 3. The highest BCUT2D eigenvalue weighted by Crippen LogP contribution is 2.34. The van der Waals surface area contributed by atoms with Gasteiger partial charge in [-0.05, 0) is 43.5 Å². The van der Waals surface area contributed by atoms with E-state index in [1.54, 1.807) is 12.1 Å². The minimum atomic E-state index is -4.24. The predicted molar refractivity (Wildman–Crippen MR) is 65.3 cm³/mol. The molecule has 1 N–H and O–H groups in total. The molecular weight excluding hydrogens is 239 g/mol. The summed E-state index contributed by atoms with van der Waals surface area (Å²) in [5.41, 5.74) is 0.387. The van der Waals surface area contributed by atoms with Gasteiger partial charge in [-0.15, -0.1) is 0 Å². The molecule has 1 saturated carbocycles. The SMILES string of the molecule is CNC(Cc1ccc(C(F)(F)F)cc1)CC1CC1. The first-order chi connectivity index (χ1) is 8.49. The Labute approximate surface area is 105 Å². The Morgan fingerprint density at radius 1 is 1.22 bits per heavy atom. The Morgan fingerprint density at radius 3 is 2.28 bits per heavy atom. The second-order valence-corrected chi connectivity index (χ2v) is 5.06. The number of benzene rings is 1. The second-order valence-electron chi connectivity index (χ2n) is 5.06. The molecule has 0 radical (unpaired) electrons. The molecule has 0 aliphatic heterocycles. The van der Waals surface area contributed by atoms with E-state index in [4.69, 9.17) is 0 Å². The van der Waals surface area contributed by atoms with Crippen LogP contribution in [0.15, 0.2) is 24.3 Å². The first-order valence-corrected chi connectivity index (χ1v) is 6.32. The Kier molecular flexibility index (Phi) is 3.95. The highest BCUT2D eigenvalue weighted by atomic mass is 19.4. The average molecular weight is 257 g/mol. The van der Waals surface area contributed by atoms with E-state index in [9.17, 15) is 13.2 Å². The number of rotatable bonds is 5. The summed E-state index contributed by atoms with van der Waals surface area (Å²) in [6, 6.07) is 5.87. The quantitative estimate of drug-likeness (QED) is 0.849. The van der Waals surface area contributed by atoms with Crippen LogP contribution in [0.25, 0.3) is 0 Å². The van der Waals surface area contributed by atoms with E-state index >= 15 is 0 Å². The smallest absolute Gasteiger partial charge is 0.317 e. The van der Waals surface area contributed by atoms with Gasteiger partial charge in [-0.1, -0.05) is 25.0 Å². The van der Waals surface area contributed by atoms with E-state index in [-0.39, 0.29) is 0 Å². The maximum Gasteiger partial charge on any atom is 0.416 e. The van der Waals surface area contributed by atoms with Crippen LogP contribution in [0.3, 0.4) is 0 Å². The topological polar surface area (TPSA) is 12.0 Å². The van der Waals surface area contributed by atoms with Crippen LogP contribution >= 0.6 is 0 Å². The fourth-order valence-electron chi connectivity index (χ4n) is 2.17. The van der Waals surface area contributed by atoms with Crippen molar-refractivity contribution in [2.24, 2.45) is 5.92 Å². The lowest BCUT2D eigenvalue weighted by Gasteiger charge is -2.16. The molecule has 1 atom stereocenters. The van der Waals surface area contributed by atoms with Crippen LogP contribution in [0.4, 0.5) is 13.2 Å². The van der Waals surface area contributed by atoms with Crippen LogP contribution in [-0.2, 0) is 12.6 Å². The highest BCUT2D eigenvalue weighted by molar-refractivity contribution is 5.25. The van der Waals surface area contributed by atoms with Crippen molar-refractivity contribution in [3.05, 3.63) is 35.4 Å². The molecule has 18 heavy (non-hydrogen) atoms. The third-order valence-corrected chi connectivity index (χ3v) is 3.49. The van der Waals surface area contributed by atoms with Crippen molar-refractivity contribution in [2.45, 2.75) is 37.9 Å². The summed E-state index contributed by atoms with van der Waals surface area (Å²) in [5, 5.41) is 3.24. The van der Waals surface area contributed by atoms with Crippen LogP contribution in [0.5, 0.6) is 0 Å². The zero-order valence-corrected chi connectivity index (χ0v) is 10.4. The van der Waals surface area contributed by atoms with Gasteiger partial charge in [0.05, 0.1) is 5.56 Å². The van der Waals surface area contributed by atoms with Gasteiger partial charge in [0.2, 0.25) is 0 Å². The van der Waals surface area contributed by atoms with Gasteiger partial charge in [0.15, 0.2) is 0 Å². The molecule has 0 amide bonds. The molecule has 1 aliphatic rings. The van der Waals surface area contributed by atoms with Crippen molar-refractivity contribution >= 4 is 0 Å². The molecule has 1 aromatic carbocycles. The largest absolute Gasteiger partial charge is 0.416 e. The number of hydrogen-bond donors (Lipinski definition) is 1. The third-order valence-electron chi connectivity index (χ3n) is 3.49. The van der Waals surface area contributed by atoms with Gasteiger partial charge >= 0.3 is 6.18 Å². The summed E-state index contributed by atoms with van der Waals surface area (Å²) in [4.78, 5) is 0. The number of likely N-dealkylation sites (N-methyl/N-ethyl adjacent to an activating group) is 1. The molecule has 1 aromatic rings. The summed E-state index contributed by atoms with van der Waals surface area (Å²) >= 11 is 0. The second kappa shape index (κ2) is 5.31. The molecule has 1 nitrogen and oxygen atoms in total. The van der Waals surface area contributed by atoms with E-state index in [2.05, 4.69) is 5.32 Å². The van der Waals surface area contributed by atoms with E-state index < -0.39 is 11.7 Å². The standard InChI is InChI=1S/C14H18F3N/c1-18-13(8-10-2-3-10)9-11-4-6-12(7-5-11)14(15,16)17/h4-7,10,13,18H,2-3,8-9H2,1H3. The van der Waals surface area contributed by atoms with Crippen LogP contribution < -0.4 is 5.32 Å². The lowest BCUT2D eigenvalue weighted by Crippen LogP contribution is -2.28. The van der Waals surface area contributed by atoms with Crippen molar-refractivity contribution in [2.75, 3.05) is 7.05 Å². The van der Waals surface area contributed by atoms with Gasteiger partial charge in [-0.25, -0.2) is 0 Å². The molecule has 4 heteroatoms. The first kappa shape index (κ1) is 13.4. The maximum atomic E-state index is 12.4. The fourth-order valence-corrected chi connectivity index (χ4v) is 2.17. The lowest BCUT2D eigenvalue weighted by atomic mass is 10.00. The van der Waals surface area contributed by atoms with Crippen LogP contribution in [0, 0.1) is 5.92 Å². The molecule has 0 bridgehead atoms. The summed E-state index contributed by atoms with van der Waals surface area (Å²) < 4.78 is 37.2. The Hall–Kier alpha value is -1.03. The van der Waals surface area contributed by atoms with Gasteiger partial charge in [0, 0.05) is 6.04 Å². The molecule has 0 spiro atoms. The molecule has 2 rings (SSSR count). The molecule has 0 saturated heterocycles. The van der Waals surface area contributed by atoms with Gasteiger partial charge in [-0.2, -0.15) is 13.2 Å². The Balaban J connectivity index is 1.95. The molecule has 1 fully saturated rings. The zero-order valence-electron chi connectivity index (χ0n) is 10.4. The summed E-state index contributed by atoms with van der Waals surface area (Å²) in [6.45, 7) is 0. The monoisotopic (exact) mass is 257 g/mol. The average Bonchev–Trinajstić information content (AvgIpc) is 3.11. The van der Waals surface area contributed by atoms with E-state index in [1.165, 1.54) is 25.0 Å². The summed E-state index contributed by atoms with van der Waals surface area (Å²) in [7, 11) is 1.91. The summed E-state index contributed by atoms with van der Waals surface area (Å²) in [6.07, 6.45) is 0.272. The molecule has 100 valence electrons. The fraction of sp³-hybridized carbons (Fsp3) is 0.571. The maximum absolute atomic E-state index is 12.4. The van der Waals surface area contributed by atoms with Crippen LogP contribution in [-0.4, -0.2) is 13.1 Å². The number of halogens is 3. The van der Waals surface area contributed by atoms with Gasteiger partial charge < -0.3 is 5.32 Å². The third kappa shape index (κ3) is 3.73. The zero-order chi connectivity index (χ0) is 13.2. The number of nitrogens with one attached hydrogen (secondary N) is 1. The first-order valence-electron chi connectivity index (χ1n) is 6.32. The molecule has 1 unspecified atom stereocenters. The van der Waals surface area contributed by atoms with Crippen molar-refractivity contribution in [1.29, 1.82) is 0 Å². The highest BCUT2D eigenvalue weighted by Gasteiger charge is 2.30. The number of hydrogen-bond acceptors (Lipinski definition) is 1. The molecule has 0 heterocycles. The molecule has 1 aliphatic carbocycles. The van der Waals surface area contributed by atoms with E-state index in [1.807, 2.05) is 7.05 Å². The van der Waals surface area contributed by atoms with Crippen molar-refractivity contribution in [1.82, 2.24) is 5.32 Å². The van der Waals surface area contributed by atoms with Crippen molar-refractivity contribution in [3.63, 3.8) is 0 Å². The Morgan fingerprint density at radius 2 is 1.83 bits per heavy atom. The van der Waals surface area contributed by atoms with Gasteiger partial charge in [-0.3, -0.25) is 0 Å². The lowest BCUT2D eigenvalue weighted by molar-refractivity contribution is -0.137. The van der Waals surface area contributed by atoms with Gasteiger partial charge in [0.25, 0.3) is 0 Å². The molecular formula is C14H18F3N. The van der Waals surface area contributed by atoms with Crippen molar-refractivity contribution in [3.8, 4) is 0 Å². The van der Waals surface area contributed by atoms with Gasteiger partial charge in [0.1, 0.15) is 0 Å². The minimum Gasteiger partial charge on any atom is -0.317 e. The Bertz CT molecular complexity index is 379. The van der Waals surface area contributed by atoms with E-state index in [0.717, 1.165) is 24.3 Å². The summed E-state index contributed by atoms with van der Waals surface area (Å²) in [5.74, 6) is 0.817. The predicted octanol–water partition coefficient (Wildman–Crippen LogP) is 3.64. The molecule has 0 aromatic heterocycles. The van der Waals surface area contributed by atoms with Crippen LogP contribution in [0.1, 0.15) is 30.4 Å². The normalized spacial score (nSPS) is 17.8.